The lowest BCUT2D eigenvalue weighted by molar-refractivity contribution is -0.116. The van der Waals surface area contributed by atoms with Crippen LogP contribution in [0.5, 0.6) is 5.75 Å². The second-order valence-electron chi connectivity index (χ2n) is 6.79. The van der Waals surface area contributed by atoms with Gasteiger partial charge < -0.3 is 4.74 Å². The number of anilines is 1. The lowest BCUT2D eigenvalue weighted by atomic mass is 10.1. The molecule has 7 nitrogen and oxygen atoms in total. The van der Waals surface area contributed by atoms with E-state index in [0.717, 1.165) is 7.11 Å². The number of carbonyl (C=O) groups is 1. The third kappa shape index (κ3) is 5.02. The Kier molecular flexibility index (Phi) is 6.30. The molecule has 162 valence electrons. The maximum Gasteiger partial charge on any atom is 0.264 e. The van der Waals surface area contributed by atoms with E-state index in [9.17, 15) is 22.0 Å². The first-order chi connectivity index (χ1) is 14.6. The van der Waals surface area contributed by atoms with E-state index in [0.29, 0.717) is 34.6 Å². The molecule has 0 spiro atoms. The standard InChI is InChI=1S/C21H19F2N3O4S/c1-12(27)6-16-7-14(4-5-24-16)15-8-19(13(2)25-11-15)26-31(28,29)21-10-17(22)20(30-3)9-18(21)23/h4-5,7-11,26H,6H2,1-3H3. The van der Waals surface area contributed by atoms with Gasteiger partial charge in [0, 0.05) is 42.2 Å². The zero-order chi connectivity index (χ0) is 22.8. The summed E-state index contributed by atoms with van der Waals surface area (Å²) in [6, 6.07) is 6.13. The van der Waals surface area contributed by atoms with Crippen molar-refractivity contribution in [2.75, 3.05) is 11.8 Å². The fourth-order valence-electron chi connectivity index (χ4n) is 2.88. The summed E-state index contributed by atoms with van der Waals surface area (Å²) in [6.45, 7) is 3.02. The molecule has 0 bridgehead atoms. The largest absolute Gasteiger partial charge is 0.494 e. The van der Waals surface area contributed by atoms with Gasteiger partial charge >= 0.3 is 0 Å². The highest BCUT2D eigenvalue weighted by molar-refractivity contribution is 7.92. The summed E-state index contributed by atoms with van der Waals surface area (Å²) < 4.78 is 60.6. The van der Waals surface area contributed by atoms with Crippen molar-refractivity contribution in [1.29, 1.82) is 0 Å². The number of hydrogen-bond acceptors (Lipinski definition) is 6. The summed E-state index contributed by atoms with van der Waals surface area (Å²) in [4.78, 5) is 18.8. The minimum absolute atomic E-state index is 0.0473. The molecule has 3 rings (SSSR count). The first-order valence-corrected chi connectivity index (χ1v) is 10.6. The van der Waals surface area contributed by atoms with Gasteiger partial charge in [0.2, 0.25) is 0 Å². The molecule has 0 aliphatic carbocycles. The van der Waals surface area contributed by atoms with Crippen molar-refractivity contribution in [3.05, 3.63) is 65.7 Å². The van der Waals surface area contributed by atoms with Gasteiger partial charge in [0.05, 0.1) is 18.5 Å². The highest BCUT2D eigenvalue weighted by Crippen LogP contribution is 2.29. The zero-order valence-electron chi connectivity index (χ0n) is 16.9. The van der Waals surface area contributed by atoms with E-state index < -0.39 is 32.3 Å². The van der Waals surface area contributed by atoms with Gasteiger partial charge in [0.1, 0.15) is 16.5 Å². The average molecular weight is 447 g/mol. The third-order valence-electron chi connectivity index (χ3n) is 4.41. The number of sulfonamides is 1. The molecule has 2 heterocycles. The van der Waals surface area contributed by atoms with Crippen LogP contribution in [-0.4, -0.2) is 31.3 Å². The van der Waals surface area contributed by atoms with Crippen molar-refractivity contribution in [2.45, 2.75) is 25.2 Å². The molecule has 0 unspecified atom stereocenters. The molecule has 10 heteroatoms. The van der Waals surface area contributed by atoms with E-state index in [-0.39, 0.29) is 17.9 Å². The number of aromatic nitrogens is 2. The van der Waals surface area contributed by atoms with Crippen molar-refractivity contribution in [3.63, 3.8) is 0 Å². The molecule has 2 aromatic heterocycles. The first kappa shape index (κ1) is 22.3. The summed E-state index contributed by atoms with van der Waals surface area (Å²) >= 11 is 0. The Hall–Kier alpha value is -3.40. The monoisotopic (exact) mass is 447 g/mol. The smallest absolute Gasteiger partial charge is 0.264 e. The molecule has 3 aromatic rings. The maximum atomic E-state index is 14.3. The number of ketones is 1. The van der Waals surface area contributed by atoms with E-state index in [1.807, 2.05) is 0 Å². The van der Waals surface area contributed by atoms with E-state index in [1.54, 1.807) is 19.1 Å². The summed E-state index contributed by atoms with van der Waals surface area (Å²) in [5.41, 5.74) is 2.21. The molecule has 1 N–H and O–H groups in total. The molecule has 0 radical (unpaired) electrons. The topological polar surface area (TPSA) is 98.3 Å². The van der Waals surface area contributed by atoms with E-state index >= 15 is 0 Å². The van der Waals surface area contributed by atoms with Crippen LogP contribution in [0.1, 0.15) is 18.3 Å². The van der Waals surface area contributed by atoms with Crippen molar-refractivity contribution in [1.82, 2.24) is 9.97 Å². The number of benzene rings is 1. The quantitative estimate of drug-likeness (QED) is 0.594. The van der Waals surface area contributed by atoms with Gasteiger partial charge in [-0.25, -0.2) is 17.2 Å². The Balaban J connectivity index is 1.98. The van der Waals surface area contributed by atoms with Crippen molar-refractivity contribution in [2.24, 2.45) is 0 Å². The minimum Gasteiger partial charge on any atom is -0.494 e. The van der Waals surface area contributed by atoms with E-state index in [1.165, 1.54) is 25.4 Å². The third-order valence-corrected chi connectivity index (χ3v) is 5.79. The Labute approximate surface area is 178 Å². The number of halogens is 2. The fourth-order valence-corrected chi connectivity index (χ4v) is 4.06. The molecular weight excluding hydrogens is 428 g/mol. The molecule has 0 saturated heterocycles. The first-order valence-electron chi connectivity index (χ1n) is 9.08. The molecular formula is C21H19F2N3O4S. The fraction of sp³-hybridized carbons (Fsp3) is 0.190. The lowest BCUT2D eigenvalue weighted by Gasteiger charge is -2.13. The van der Waals surface area contributed by atoms with Crippen LogP contribution in [0.3, 0.4) is 0 Å². The summed E-state index contributed by atoms with van der Waals surface area (Å²) in [6.07, 6.45) is 3.23. The van der Waals surface area contributed by atoms with Crippen molar-refractivity contribution >= 4 is 21.5 Å². The van der Waals surface area contributed by atoms with Crippen LogP contribution in [0.25, 0.3) is 11.1 Å². The molecule has 0 atom stereocenters. The van der Waals surface area contributed by atoms with Gasteiger partial charge in [0.25, 0.3) is 10.0 Å². The Morgan fingerprint density at radius 3 is 2.52 bits per heavy atom. The van der Waals surface area contributed by atoms with Crippen LogP contribution in [-0.2, 0) is 21.2 Å². The van der Waals surface area contributed by atoms with Crippen LogP contribution in [0, 0.1) is 18.6 Å². The Morgan fingerprint density at radius 2 is 1.84 bits per heavy atom. The lowest BCUT2D eigenvalue weighted by Crippen LogP contribution is -2.16. The molecule has 31 heavy (non-hydrogen) atoms. The van der Waals surface area contributed by atoms with Crippen molar-refractivity contribution < 1.29 is 26.7 Å². The number of Topliss-reactive ketones (excluding diaryl/α,β-unsaturated/α-hetero) is 1. The number of rotatable bonds is 7. The van der Waals surface area contributed by atoms with Gasteiger partial charge in [-0.3, -0.25) is 19.5 Å². The van der Waals surface area contributed by atoms with E-state index in [2.05, 4.69) is 19.4 Å². The number of ether oxygens (including phenoxy) is 1. The summed E-state index contributed by atoms with van der Waals surface area (Å²) in [5.74, 6) is -2.62. The Bertz CT molecular complexity index is 1260. The minimum atomic E-state index is -4.45. The van der Waals surface area contributed by atoms with Gasteiger partial charge in [0.15, 0.2) is 11.6 Å². The number of nitrogens with one attached hydrogen (secondary N) is 1. The SMILES string of the molecule is COc1cc(F)c(S(=O)(=O)Nc2cc(-c3ccnc(CC(C)=O)c3)cnc2C)cc1F. The molecule has 0 amide bonds. The summed E-state index contributed by atoms with van der Waals surface area (Å²) in [7, 11) is -3.31. The number of hydrogen-bond donors (Lipinski definition) is 1. The summed E-state index contributed by atoms with van der Waals surface area (Å²) in [5, 5.41) is 0. The van der Waals surface area contributed by atoms with Gasteiger partial charge in [-0.2, -0.15) is 0 Å². The maximum absolute atomic E-state index is 14.3. The van der Waals surface area contributed by atoms with Crippen LogP contribution in [0.4, 0.5) is 14.5 Å². The van der Waals surface area contributed by atoms with Crippen LogP contribution in [0.2, 0.25) is 0 Å². The van der Waals surface area contributed by atoms with Gasteiger partial charge in [-0.15, -0.1) is 0 Å². The number of methoxy groups -OCH3 is 1. The normalized spacial score (nSPS) is 11.3. The van der Waals surface area contributed by atoms with Gasteiger partial charge in [-0.05, 0) is 37.6 Å². The molecule has 0 fully saturated rings. The highest BCUT2D eigenvalue weighted by atomic mass is 32.2. The predicted octanol–water partition coefficient (Wildman–Crippen LogP) is 3.67. The van der Waals surface area contributed by atoms with Crippen LogP contribution in [0.15, 0.2) is 47.6 Å². The Morgan fingerprint density at radius 1 is 1.10 bits per heavy atom. The van der Waals surface area contributed by atoms with E-state index in [4.69, 9.17) is 0 Å². The van der Waals surface area contributed by atoms with Crippen molar-refractivity contribution in [3.8, 4) is 16.9 Å². The number of aryl methyl sites for hydroxylation is 1. The molecule has 0 aliphatic rings. The molecule has 0 aliphatic heterocycles. The molecule has 1 aromatic carbocycles. The van der Waals surface area contributed by atoms with Gasteiger partial charge in [-0.1, -0.05) is 0 Å². The second-order valence-corrected chi connectivity index (χ2v) is 8.45. The van der Waals surface area contributed by atoms with Crippen LogP contribution < -0.4 is 9.46 Å². The number of nitrogens with zero attached hydrogens (tertiary/aromatic N) is 2. The molecule has 0 saturated carbocycles. The second kappa shape index (κ2) is 8.76. The zero-order valence-corrected chi connectivity index (χ0v) is 17.8. The predicted molar refractivity (Wildman–Crippen MR) is 110 cm³/mol. The van der Waals surface area contributed by atoms with Crippen LogP contribution >= 0.6 is 0 Å². The highest BCUT2D eigenvalue weighted by Gasteiger charge is 2.23. The average Bonchev–Trinajstić information content (AvgIpc) is 2.70. The number of carbonyl (C=O) groups excluding carboxylic acids is 1. The number of pyridine rings is 2.